The third-order valence-corrected chi connectivity index (χ3v) is 3.08. The Morgan fingerprint density at radius 3 is 2.50 bits per heavy atom. The van der Waals surface area contributed by atoms with Crippen LogP contribution in [-0.2, 0) is 13.1 Å². The summed E-state index contributed by atoms with van der Waals surface area (Å²) in [6, 6.07) is 11.5. The molecule has 5 heteroatoms. The van der Waals surface area contributed by atoms with Gasteiger partial charge in [0.1, 0.15) is 0 Å². The Labute approximate surface area is 123 Å². The van der Waals surface area contributed by atoms with Gasteiger partial charge in [-0.3, -0.25) is 4.98 Å². The average molecular weight is 303 g/mol. The zero-order chi connectivity index (χ0) is 12.1. The van der Waals surface area contributed by atoms with Gasteiger partial charge in [-0.15, -0.1) is 0 Å². The first-order valence-corrected chi connectivity index (χ1v) is 6.06. The quantitative estimate of drug-likeness (QED) is 0.898. The molecule has 0 fully saturated rings. The number of hydrogen-bond acceptors (Lipinski definition) is 2. The summed E-state index contributed by atoms with van der Waals surface area (Å²) in [5, 5.41) is 4.47. The van der Waals surface area contributed by atoms with Crippen LogP contribution in [0.15, 0.2) is 42.6 Å². The van der Waals surface area contributed by atoms with Crippen molar-refractivity contribution in [2.75, 3.05) is 0 Å². The van der Waals surface area contributed by atoms with E-state index in [4.69, 9.17) is 23.2 Å². The van der Waals surface area contributed by atoms with Crippen LogP contribution >= 0.6 is 23.2 Å². The van der Waals surface area contributed by atoms with Crippen LogP contribution in [0.5, 0.6) is 0 Å². The van der Waals surface area contributed by atoms with Gasteiger partial charge in [-0.2, -0.15) is 0 Å². The van der Waals surface area contributed by atoms with Crippen molar-refractivity contribution in [2.24, 2.45) is 0 Å². The van der Waals surface area contributed by atoms with E-state index in [0.29, 0.717) is 10.0 Å². The lowest BCUT2D eigenvalue weighted by atomic mass is 10.2. The number of rotatable bonds is 4. The molecule has 0 aliphatic heterocycles. The topological polar surface area (TPSA) is 24.9 Å². The van der Waals surface area contributed by atoms with E-state index in [1.807, 2.05) is 36.4 Å². The Hall–Kier alpha value is -0.800. The second-order valence-electron chi connectivity index (χ2n) is 3.67. The number of hydrogen-bond donors (Lipinski definition) is 1. The van der Waals surface area contributed by atoms with Crippen LogP contribution < -0.4 is 17.7 Å². The van der Waals surface area contributed by atoms with E-state index in [1.54, 1.807) is 6.20 Å². The van der Waals surface area contributed by atoms with Crippen molar-refractivity contribution >= 4 is 23.2 Å². The molecular formula is C13H12Cl3N2-. The van der Waals surface area contributed by atoms with Gasteiger partial charge in [0.05, 0.1) is 15.7 Å². The van der Waals surface area contributed by atoms with Crippen LogP contribution in [0.25, 0.3) is 0 Å². The molecule has 0 saturated heterocycles. The minimum Gasteiger partial charge on any atom is -1.00 e. The predicted octanol–water partition coefficient (Wildman–Crippen LogP) is 0.682. The highest BCUT2D eigenvalue weighted by atomic mass is 35.5. The lowest BCUT2D eigenvalue weighted by Gasteiger charge is -2.05. The highest BCUT2D eigenvalue weighted by Gasteiger charge is 1.99. The molecule has 0 amide bonds. The zero-order valence-corrected chi connectivity index (χ0v) is 11.8. The van der Waals surface area contributed by atoms with Gasteiger partial charge in [0.2, 0.25) is 0 Å². The van der Waals surface area contributed by atoms with Gasteiger partial charge in [-0.05, 0) is 29.8 Å². The summed E-state index contributed by atoms with van der Waals surface area (Å²) >= 11 is 11.8. The molecule has 0 aliphatic rings. The Kier molecular flexibility index (Phi) is 6.44. The van der Waals surface area contributed by atoms with Crippen molar-refractivity contribution in [3.05, 3.63) is 63.9 Å². The molecule has 18 heavy (non-hydrogen) atoms. The van der Waals surface area contributed by atoms with E-state index in [-0.39, 0.29) is 12.4 Å². The van der Waals surface area contributed by atoms with Crippen molar-refractivity contribution in [1.29, 1.82) is 0 Å². The molecule has 1 N–H and O–H groups in total. The van der Waals surface area contributed by atoms with Crippen molar-refractivity contribution < 1.29 is 12.4 Å². The fourth-order valence-electron chi connectivity index (χ4n) is 1.49. The molecule has 0 radical (unpaired) electrons. The van der Waals surface area contributed by atoms with Gasteiger partial charge in [0.15, 0.2) is 0 Å². The zero-order valence-electron chi connectivity index (χ0n) is 9.54. The predicted molar refractivity (Wildman–Crippen MR) is 71.2 cm³/mol. The highest BCUT2D eigenvalue weighted by Crippen LogP contribution is 2.22. The largest absolute Gasteiger partial charge is 1.00 e. The Morgan fingerprint density at radius 1 is 1.00 bits per heavy atom. The van der Waals surface area contributed by atoms with E-state index in [2.05, 4.69) is 10.3 Å². The van der Waals surface area contributed by atoms with Crippen LogP contribution in [0.4, 0.5) is 0 Å². The molecule has 1 aromatic heterocycles. The van der Waals surface area contributed by atoms with Crippen LogP contribution in [0.3, 0.4) is 0 Å². The SMILES string of the molecule is Clc1ccc(CNCc2ccccn2)cc1Cl.[Cl-]. The molecule has 1 aromatic carbocycles. The van der Waals surface area contributed by atoms with Crippen LogP contribution in [0, 0.1) is 0 Å². The summed E-state index contributed by atoms with van der Waals surface area (Å²) in [5.41, 5.74) is 2.13. The maximum Gasteiger partial charge on any atom is 0.0595 e. The molecule has 0 bridgehead atoms. The van der Waals surface area contributed by atoms with E-state index in [9.17, 15) is 0 Å². The number of nitrogens with zero attached hydrogens (tertiary/aromatic N) is 1. The Morgan fingerprint density at radius 2 is 1.83 bits per heavy atom. The average Bonchev–Trinajstić information content (AvgIpc) is 2.35. The fraction of sp³-hybridized carbons (Fsp3) is 0.154. The van der Waals surface area contributed by atoms with Gasteiger partial charge in [-0.25, -0.2) is 0 Å². The maximum atomic E-state index is 5.94. The summed E-state index contributed by atoms with van der Waals surface area (Å²) < 4.78 is 0. The molecule has 2 rings (SSSR count). The summed E-state index contributed by atoms with van der Waals surface area (Å²) in [4.78, 5) is 4.23. The molecule has 1 heterocycles. The molecule has 0 unspecified atom stereocenters. The number of nitrogens with one attached hydrogen (secondary N) is 1. The Balaban J connectivity index is 0.00000162. The maximum absolute atomic E-state index is 5.94. The highest BCUT2D eigenvalue weighted by molar-refractivity contribution is 6.42. The standard InChI is InChI=1S/C13H12Cl2N2.ClH/c14-12-5-4-10(7-13(12)15)8-16-9-11-3-1-2-6-17-11;/h1-7,16H,8-9H2;1H/p-1. The number of benzene rings is 1. The van der Waals surface area contributed by atoms with Crippen molar-refractivity contribution in [2.45, 2.75) is 13.1 Å². The van der Waals surface area contributed by atoms with Crippen LogP contribution in [-0.4, -0.2) is 4.98 Å². The van der Waals surface area contributed by atoms with Gasteiger partial charge in [0.25, 0.3) is 0 Å². The summed E-state index contributed by atoms with van der Waals surface area (Å²) in [6.45, 7) is 1.48. The fourth-order valence-corrected chi connectivity index (χ4v) is 1.81. The van der Waals surface area contributed by atoms with E-state index in [0.717, 1.165) is 24.3 Å². The van der Waals surface area contributed by atoms with Gasteiger partial charge in [0, 0.05) is 19.3 Å². The Bertz CT molecular complexity index is 489. The molecule has 96 valence electrons. The molecule has 2 aromatic rings. The number of halogens is 3. The monoisotopic (exact) mass is 301 g/mol. The van der Waals surface area contributed by atoms with Crippen molar-refractivity contribution in [3.63, 3.8) is 0 Å². The minimum absolute atomic E-state index is 0. The third-order valence-electron chi connectivity index (χ3n) is 2.35. The van der Waals surface area contributed by atoms with E-state index >= 15 is 0 Å². The first-order chi connectivity index (χ1) is 8.25. The van der Waals surface area contributed by atoms with Gasteiger partial charge < -0.3 is 17.7 Å². The third kappa shape index (κ3) is 4.46. The first kappa shape index (κ1) is 15.3. The molecule has 0 spiro atoms. The summed E-state index contributed by atoms with van der Waals surface area (Å²) in [7, 11) is 0. The first-order valence-electron chi connectivity index (χ1n) is 5.30. The van der Waals surface area contributed by atoms with E-state index in [1.165, 1.54) is 0 Å². The molecule has 2 nitrogen and oxygen atoms in total. The van der Waals surface area contributed by atoms with Crippen molar-refractivity contribution in [3.8, 4) is 0 Å². The number of aromatic nitrogens is 1. The van der Waals surface area contributed by atoms with Gasteiger partial charge >= 0.3 is 0 Å². The summed E-state index contributed by atoms with van der Waals surface area (Å²) in [6.07, 6.45) is 1.79. The normalized spacial score (nSPS) is 9.89. The molecular weight excluding hydrogens is 291 g/mol. The smallest absolute Gasteiger partial charge is 0.0595 e. The molecule has 0 aliphatic carbocycles. The summed E-state index contributed by atoms with van der Waals surface area (Å²) in [5.74, 6) is 0. The lowest BCUT2D eigenvalue weighted by Crippen LogP contribution is -3.00. The number of pyridine rings is 1. The minimum atomic E-state index is 0. The van der Waals surface area contributed by atoms with Crippen molar-refractivity contribution in [1.82, 2.24) is 10.3 Å². The van der Waals surface area contributed by atoms with Crippen LogP contribution in [0.1, 0.15) is 11.3 Å². The lowest BCUT2D eigenvalue weighted by molar-refractivity contribution is -0.00000336. The van der Waals surface area contributed by atoms with Crippen LogP contribution in [0.2, 0.25) is 10.0 Å². The second kappa shape index (κ2) is 7.59. The second-order valence-corrected chi connectivity index (χ2v) is 4.49. The molecule has 0 saturated carbocycles. The van der Waals surface area contributed by atoms with Gasteiger partial charge in [-0.1, -0.05) is 35.3 Å². The molecule has 0 atom stereocenters. The van der Waals surface area contributed by atoms with E-state index < -0.39 is 0 Å².